The van der Waals surface area contributed by atoms with E-state index < -0.39 is 77.9 Å². The van der Waals surface area contributed by atoms with Crippen molar-refractivity contribution in [2.75, 3.05) is 13.2 Å². The van der Waals surface area contributed by atoms with Gasteiger partial charge in [-0.2, -0.15) is 0 Å². The van der Waals surface area contributed by atoms with E-state index in [-0.39, 0.29) is 52.7 Å². The number of ether oxygens (including phenoxy) is 2. The first-order chi connectivity index (χ1) is 22.5. The summed E-state index contributed by atoms with van der Waals surface area (Å²) in [6.07, 6.45) is -12.9. The maximum Gasteiger partial charge on any atom is 0.472 e. The van der Waals surface area contributed by atoms with Crippen molar-refractivity contribution in [2.24, 2.45) is 0 Å². The molecule has 2 aromatic carbocycles. The van der Waals surface area contributed by atoms with E-state index in [2.05, 4.69) is 9.97 Å². The van der Waals surface area contributed by atoms with E-state index in [0.717, 1.165) is 0 Å². The van der Waals surface area contributed by atoms with Crippen LogP contribution in [-0.2, 0) is 36.7 Å². The van der Waals surface area contributed by atoms with Crippen molar-refractivity contribution in [1.82, 2.24) is 19.1 Å². The Kier molecular flexibility index (Phi) is 9.63. The number of phosphoric acid groups is 2. The molecular weight excluding hydrogens is 811 g/mol. The lowest BCUT2D eigenvalue weighted by Gasteiger charge is -2.26. The van der Waals surface area contributed by atoms with Crippen molar-refractivity contribution in [3.8, 4) is 0 Å². The molecule has 3 saturated heterocycles. The third-order valence-corrected chi connectivity index (χ3v) is 11.8. The third-order valence-electron chi connectivity index (χ3n) is 7.82. The number of benzene rings is 2. The minimum Gasteiger partial charge on any atom is -0.387 e. The lowest BCUT2D eigenvalue weighted by atomic mass is 10.1. The van der Waals surface area contributed by atoms with Crippen molar-refractivity contribution in [1.29, 1.82) is 0 Å². The molecule has 5 heterocycles. The van der Waals surface area contributed by atoms with Crippen LogP contribution in [0.25, 0.3) is 22.1 Å². The van der Waals surface area contributed by atoms with Crippen LogP contribution in [0.15, 0.2) is 24.3 Å². The Morgan fingerprint density at radius 3 is 1.62 bits per heavy atom. The standard InChI is InChI=1S/C24H20Cl6N4O12P2/c25-7-1-11-13(3-9(7)27)33(23(29)31-11)21-18(36)19-16(44-21)6-42-48(39,40)46-20-17(35)15(5-41-47(37,38)45-19)43-22(20)34-14-4-10(28)8(26)2-12(14)32-24(34)30/h1-4,15-22,35-36H,5-6H2,(H,37,38)(H,39,40)/t15-,16-,17?,18?,19?,20?,21-,22-/m1/s1. The quantitative estimate of drug-likeness (QED) is 0.183. The second-order valence-corrected chi connectivity index (χ2v) is 15.9. The first-order valence-electron chi connectivity index (χ1n) is 13.6. The number of aliphatic hydroxyl groups is 2. The van der Waals surface area contributed by atoms with Crippen LogP contribution in [-0.4, -0.2) is 88.9 Å². The summed E-state index contributed by atoms with van der Waals surface area (Å²) < 4.78 is 61.9. The number of nitrogens with zero attached hydrogens (tertiary/aromatic N) is 4. The summed E-state index contributed by atoms with van der Waals surface area (Å²) in [4.78, 5) is 29.9. The zero-order valence-corrected chi connectivity index (χ0v) is 29.7. The molecule has 16 nitrogen and oxygen atoms in total. The van der Waals surface area contributed by atoms with Gasteiger partial charge in [0, 0.05) is 0 Å². The van der Waals surface area contributed by atoms with Crippen molar-refractivity contribution in [3.05, 3.63) is 54.9 Å². The second-order valence-electron chi connectivity index (χ2n) is 10.8. The molecule has 24 heteroatoms. The van der Waals surface area contributed by atoms with Gasteiger partial charge in [-0.3, -0.25) is 27.2 Å². The monoisotopic (exact) mass is 828 g/mol. The number of fused-ring (bicyclic) bond motifs is 5. The van der Waals surface area contributed by atoms with Gasteiger partial charge in [-0.1, -0.05) is 46.4 Å². The van der Waals surface area contributed by atoms with Crippen molar-refractivity contribution >= 4 is 107 Å². The first-order valence-corrected chi connectivity index (χ1v) is 18.8. The maximum atomic E-state index is 13.3. The van der Waals surface area contributed by atoms with Crippen molar-refractivity contribution in [2.45, 2.75) is 49.1 Å². The van der Waals surface area contributed by atoms with Gasteiger partial charge in [0.2, 0.25) is 10.6 Å². The van der Waals surface area contributed by atoms with Crippen LogP contribution < -0.4 is 0 Å². The van der Waals surface area contributed by atoms with Gasteiger partial charge in [0.1, 0.15) is 36.6 Å². The van der Waals surface area contributed by atoms with Crippen LogP contribution in [0.4, 0.5) is 0 Å². The molecule has 3 fully saturated rings. The van der Waals surface area contributed by atoms with Crippen LogP contribution in [0.2, 0.25) is 30.7 Å². The number of hydrogen-bond donors (Lipinski definition) is 4. The van der Waals surface area contributed by atoms with Crippen LogP contribution in [0, 0.1) is 0 Å². The smallest absolute Gasteiger partial charge is 0.387 e. The molecule has 0 saturated carbocycles. The SMILES string of the molecule is O=P1(O)OC[C@H]2O[C@@H](n3c(Cl)nc4cc(Cl)c(Cl)cc43)C(O)C2OP(=O)(O)OC[C@H]2O[C@@H](n3c(Cl)nc4cc(Cl)c(Cl)cc43)C(O1)C2O. The minimum atomic E-state index is -5.14. The molecule has 0 radical (unpaired) electrons. The van der Waals surface area contributed by atoms with Gasteiger partial charge in [-0.15, -0.1) is 0 Å². The van der Waals surface area contributed by atoms with E-state index in [1.807, 2.05) is 0 Å². The van der Waals surface area contributed by atoms with Gasteiger partial charge < -0.3 is 29.5 Å². The normalized spacial score (nSPS) is 36.2. The fraction of sp³-hybridized carbons (Fsp3) is 0.417. The van der Waals surface area contributed by atoms with Crippen LogP contribution >= 0.6 is 85.3 Å². The number of imidazole rings is 2. The molecule has 260 valence electrons. The highest BCUT2D eigenvalue weighted by molar-refractivity contribution is 7.47. The van der Waals surface area contributed by atoms with Crippen LogP contribution in [0.1, 0.15) is 12.5 Å². The highest BCUT2D eigenvalue weighted by atomic mass is 35.5. The van der Waals surface area contributed by atoms with Crippen LogP contribution in [0.5, 0.6) is 0 Å². The van der Waals surface area contributed by atoms with Crippen molar-refractivity contribution < 1.29 is 56.7 Å². The zero-order valence-electron chi connectivity index (χ0n) is 23.3. The number of aromatic nitrogens is 4. The molecule has 3 aliphatic rings. The zero-order chi connectivity index (χ0) is 34.4. The Hall–Kier alpha value is -0.820. The number of halogens is 6. The highest BCUT2D eigenvalue weighted by Gasteiger charge is 2.54. The second kappa shape index (κ2) is 13.0. The molecule has 48 heavy (non-hydrogen) atoms. The predicted molar refractivity (Wildman–Crippen MR) is 171 cm³/mol. The van der Waals surface area contributed by atoms with E-state index in [1.165, 1.54) is 33.4 Å². The summed E-state index contributed by atoms with van der Waals surface area (Å²) in [5.74, 6) is 0. The fourth-order valence-corrected chi connectivity index (χ4v) is 8.77. The van der Waals surface area contributed by atoms with Gasteiger partial charge in [0.15, 0.2) is 12.5 Å². The summed E-state index contributed by atoms with van der Waals surface area (Å²) in [5.41, 5.74) is 1.03. The molecule has 0 amide bonds. The van der Waals surface area contributed by atoms with Gasteiger partial charge >= 0.3 is 15.6 Å². The third kappa shape index (κ3) is 6.42. The molecule has 0 spiro atoms. The first kappa shape index (κ1) is 35.6. The Bertz CT molecular complexity index is 2040. The highest BCUT2D eigenvalue weighted by Crippen LogP contribution is 2.54. The van der Waals surface area contributed by atoms with Gasteiger partial charge in [0.05, 0.1) is 55.4 Å². The Labute approximate surface area is 299 Å². The van der Waals surface area contributed by atoms with Gasteiger partial charge in [-0.25, -0.2) is 19.1 Å². The molecule has 7 rings (SSSR count). The van der Waals surface area contributed by atoms with Crippen LogP contribution in [0.3, 0.4) is 0 Å². The van der Waals surface area contributed by atoms with Crippen molar-refractivity contribution in [3.63, 3.8) is 0 Å². The average Bonchev–Trinajstić information content (AvgIpc) is 3.67. The van der Waals surface area contributed by atoms with Gasteiger partial charge in [-0.05, 0) is 47.5 Å². The van der Waals surface area contributed by atoms with E-state index in [4.69, 9.17) is 97.2 Å². The topological polar surface area (TPSA) is 206 Å². The summed E-state index contributed by atoms with van der Waals surface area (Å²) >= 11 is 37.4. The Morgan fingerprint density at radius 2 is 1.08 bits per heavy atom. The average molecular weight is 831 g/mol. The lowest BCUT2D eigenvalue weighted by molar-refractivity contribution is -0.0669. The van der Waals surface area contributed by atoms with E-state index in [0.29, 0.717) is 0 Å². The summed E-state index contributed by atoms with van der Waals surface area (Å²) in [5, 5.41) is 22.6. The molecular formula is C24H20Cl6N4O12P2. The van der Waals surface area contributed by atoms with Gasteiger partial charge in [0.25, 0.3) is 0 Å². The summed E-state index contributed by atoms with van der Waals surface area (Å²) in [6.45, 7) is -1.67. The molecule has 2 aromatic heterocycles. The number of rotatable bonds is 2. The minimum absolute atomic E-state index is 0.109. The predicted octanol–water partition coefficient (Wildman–Crippen LogP) is 5.54. The number of hydrogen-bond acceptors (Lipinski definition) is 12. The molecule has 0 aliphatic carbocycles. The largest absolute Gasteiger partial charge is 0.472 e. The molecule has 4 aromatic rings. The lowest BCUT2D eigenvalue weighted by Crippen LogP contribution is -2.36. The molecule has 10 atom stereocenters. The molecule has 4 N–H and O–H groups in total. The fourth-order valence-electron chi connectivity index (χ4n) is 5.68. The van der Waals surface area contributed by atoms with E-state index in [1.54, 1.807) is 0 Å². The van der Waals surface area contributed by atoms with E-state index in [9.17, 15) is 29.1 Å². The van der Waals surface area contributed by atoms with E-state index >= 15 is 0 Å². The number of aliphatic hydroxyl groups excluding tert-OH is 2. The molecule has 3 aliphatic heterocycles. The Balaban J connectivity index is 1.22. The summed E-state index contributed by atoms with van der Waals surface area (Å²) in [7, 11) is -10.2. The maximum absolute atomic E-state index is 13.3. The molecule has 6 unspecified atom stereocenters. The summed E-state index contributed by atoms with van der Waals surface area (Å²) in [6, 6.07) is 5.64. The molecule has 2 bridgehead atoms. The number of phosphoric ester groups is 2. The Morgan fingerprint density at radius 1 is 0.646 bits per heavy atom.